The highest BCUT2D eigenvalue weighted by molar-refractivity contribution is 6.02. The van der Waals surface area contributed by atoms with Crippen molar-refractivity contribution in [2.45, 2.75) is 26.9 Å². The van der Waals surface area contributed by atoms with Crippen LogP contribution in [0.25, 0.3) is 0 Å². The number of esters is 2. The molecule has 0 saturated heterocycles. The van der Waals surface area contributed by atoms with Crippen LogP contribution in [0.2, 0.25) is 0 Å². The average molecular weight is 188 g/mol. The van der Waals surface area contributed by atoms with Gasteiger partial charge in [0.1, 0.15) is 0 Å². The van der Waals surface area contributed by atoms with Gasteiger partial charge in [-0.25, -0.2) is 4.79 Å². The van der Waals surface area contributed by atoms with Crippen LogP contribution in [-0.2, 0) is 23.9 Å². The average Bonchev–Trinajstić information content (AvgIpc) is 1.99. The maximum absolute atomic E-state index is 11.0. The predicted octanol–water partition coefficient (Wildman–Crippen LogP) is 0.0702. The maximum Gasteiger partial charge on any atom is 0.355 e. The van der Waals surface area contributed by atoms with E-state index in [1.165, 1.54) is 0 Å². The fourth-order valence-electron chi connectivity index (χ4n) is 0.681. The third-order valence-electron chi connectivity index (χ3n) is 1.15. The second-order valence-electron chi connectivity index (χ2n) is 2.35. The van der Waals surface area contributed by atoms with Gasteiger partial charge in [-0.15, -0.1) is 0 Å². The second kappa shape index (κ2) is 5.29. The molecule has 0 unspecified atom stereocenters. The maximum atomic E-state index is 11.0. The Hall–Kier alpha value is -1.39. The van der Waals surface area contributed by atoms with Gasteiger partial charge in [-0.1, -0.05) is 0 Å². The number of carbonyl (C=O) groups excluding carboxylic acids is 3. The molecule has 13 heavy (non-hydrogen) atoms. The van der Waals surface area contributed by atoms with Gasteiger partial charge in [0.15, 0.2) is 5.78 Å². The predicted molar refractivity (Wildman–Crippen MR) is 42.9 cm³/mol. The van der Waals surface area contributed by atoms with Crippen molar-refractivity contribution in [1.29, 1.82) is 0 Å². The summed E-state index contributed by atoms with van der Waals surface area (Å²) in [7, 11) is 0. The highest BCUT2D eigenvalue weighted by Crippen LogP contribution is 1.98. The number of hydrogen-bond acceptors (Lipinski definition) is 5. The zero-order valence-electron chi connectivity index (χ0n) is 7.83. The van der Waals surface area contributed by atoms with Crippen LogP contribution in [0.4, 0.5) is 0 Å². The third-order valence-corrected chi connectivity index (χ3v) is 1.15. The zero-order chi connectivity index (χ0) is 10.4. The van der Waals surface area contributed by atoms with Crippen molar-refractivity contribution < 1.29 is 23.9 Å². The van der Waals surface area contributed by atoms with Crippen molar-refractivity contribution in [3.05, 3.63) is 0 Å². The highest BCUT2D eigenvalue weighted by Gasteiger charge is 2.27. The van der Waals surface area contributed by atoms with Gasteiger partial charge in [-0.05, 0) is 13.8 Å². The number of Topliss-reactive ketones (excluding diaryl/α,β-unsaturated/α-hetero) is 1. The second-order valence-corrected chi connectivity index (χ2v) is 2.35. The van der Waals surface area contributed by atoms with Crippen molar-refractivity contribution in [2.75, 3.05) is 6.61 Å². The van der Waals surface area contributed by atoms with Crippen LogP contribution in [0, 0.1) is 0 Å². The molecule has 0 fully saturated rings. The van der Waals surface area contributed by atoms with E-state index in [0.717, 1.165) is 13.8 Å². The standard InChI is InChI=1S/C8H12O5/c1-4-12-8(11)7(5(2)9)13-6(3)10/h7H,4H2,1-3H3/t7-/m1/s1. The van der Waals surface area contributed by atoms with Crippen LogP contribution in [0.5, 0.6) is 0 Å². The molecule has 0 radical (unpaired) electrons. The van der Waals surface area contributed by atoms with E-state index in [1.54, 1.807) is 6.92 Å². The molecule has 1 atom stereocenters. The molecule has 0 aliphatic rings. The van der Waals surface area contributed by atoms with E-state index in [1.807, 2.05) is 0 Å². The molecular weight excluding hydrogens is 176 g/mol. The Morgan fingerprint density at radius 2 is 1.77 bits per heavy atom. The molecule has 5 nitrogen and oxygen atoms in total. The molecule has 0 aliphatic heterocycles. The first kappa shape index (κ1) is 11.6. The van der Waals surface area contributed by atoms with Crippen molar-refractivity contribution >= 4 is 17.7 Å². The van der Waals surface area contributed by atoms with E-state index < -0.39 is 23.8 Å². The lowest BCUT2D eigenvalue weighted by Gasteiger charge is -2.11. The minimum Gasteiger partial charge on any atom is -0.463 e. The Labute approximate surface area is 76.0 Å². The van der Waals surface area contributed by atoms with Crippen LogP contribution >= 0.6 is 0 Å². The van der Waals surface area contributed by atoms with E-state index in [9.17, 15) is 14.4 Å². The van der Waals surface area contributed by atoms with Crippen LogP contribution in [0.1, 0.15) is 20.8 Å². The summed E-state index contributed by atoms with van der Waals surface area (Å²) in [5.41, 5.74) is 0. The van der Waals surface area contributed by atoms with E-state index >= 15 is 0 Å². The molecule has 0 spiro atoms. The number of ketones is 1. The Morgan fingerprint density at radius 3 is 2.08 bits per heavy atom. The van der Waals surface area contributed by atoms with Crippen LogP contribution in [0.3, 0.4) is 0 Å². The number of hydrogen-bond donors (Lipinski definition) is 0. The monoisotopic (exact) mass is 188 g/mol. The summed E-state index contributed by atoms with van der Waals surface area (Å²) in [5, 5.41) is 0. The SMILES string of the molecule is CCOC(=O)[C@H](OC(C)=O)C(C)=O. The molecule has 0 aliphatic carbocycles. The zero-order valence-corrected chi connectivity index (χ0v) is 7.83. The first-order valence-electron chi connectivity index (χ1n) is 3.83. The number of ether oxygens (including phenoxy) is 2. The largest absolute Gasteiger partial charge is 0.463 e. The van der Waals surface area contributed by atoms with Crippen molar-refractivity contribution in [3.8, 4) is 0 Å². The summed E-state index contributed by atoms with van der Waals surface area (Å²) >= 11 is 0. The molecular formula is C8H12O5. The molecule has 0 aromatic rings. The minimum atomic E-state index is -1.42. The summed E-state index contributed by atoms with van der Waals surface area (Å²) in [6.45, 7) is 4.02. The quantitative estimate of drug-likeness (QED) is 0.461. The fourth-order valence-corrected chi connectivity index (χ4v) is 0.681. The lowest BCUT2D eigenvalue weighted by Crippen LogP contribution is -2.34. The van der Waals surface area contributed by atoms with Gasteiger partial charge in [-0.2, -0.15) is 0 Å². The normalized spacial score (nSPS) is 11.6. The van der Waals surface area contributed by atoms with Crippen molar-refractivity contribution in [1.82, 2.24) is 0 Å². The van der Waals surface area contributed by atoms with Crippen LogP contribution in [-0.4, -0.2) is 30.4 Å². The van der Waals surface area contributed by atoms with Gasteiger partial charge in [0.2, 0.25) is 0 Å². The summed E-state index contributed by atoms with van der Waals surface area (Å²) in [4.78, 5) is 32.3. The topological polar surface area (TPSA) is 69.7 Å². The van der Waals surface area contributed by atoms with Gasteiger partial charge in [-0.3, -0.25) is 9.59 Å². The molecule has 0 amide bonds. The van der Waals surface area contributed by atoms with Crippen molar-refractivity contribution in [2.24, 2.45) is 0 Å². The minimum absolute atomic E-state index is 0.143. The molecule has 0 rings (SSSR count). The lowest BCUT2D eigenvalue weighted by atomic mass is 10.2. The van der Waals surface area contributed by atoms with Gasteiger partial charge in [0.25, 0.3) is 6.10 Å². The Bertz CT molecular complexity index is 221. The Kier molecular flexibility index (Phi) is 4.72. The van der Waals surface area contributed by atoms with Gasteiger partial charge in [0.05, 0.1) is 6.61 Å². The van der Waals surface area contributed by atoms with Crippen LogP contribution in [0.15, 0.2) is 0 Å². The van der Waals surface area contributed by atoms with E-state index in [-0.39, 0.29) is 6.61 Å². The van der Waals surface area contributed by atoms with E-state index in [2.05, 4.69) is 9.47 Å². The molecule has 5 heteroatoms. The highest BCUT2D eigenvalue weighted by atomic mass is 16.6. The third kappa shape index (κ3) is 4.25. The van der Waals surface area contributed by atoms with Gasteiger partial charge >= 0.3 is 11.9 Å². The molecule has 0 heterocycles. The summed E-state index contributed by atoms with van der Waals surface area (Å²) in [5.74, 6) is -2.06. The number of rotatable bonds is 4. The van der Waals surface area contributed by atoms with Crippen molar-refractivity contribution in [3.63, 3.8) is 0 Å². The molecule has 0 N–H and O–H groups in total. The summed E-state index contributed by atoms with van der Waals surface area (Å²) in [6.07, 6.45) is -1.42. The number of carbonyl (C=O) groups is 3. The fraction of sp³-hybridized carbons (Fsp3) is 0.625. The van der Waals surface area contributed by atoms with Gasteiger partial charge < -0.3 is 9.47 Å². The van der Waals surface area contributed by atoms with Gasteiger partial charge in [0, 0.05) is 6.92 Å². The molecule has 0 saturated carbocycles. The molecule has 0 bridgehead atoms. The Balaban J connectivity index is 4.32. The smallest absolute Gasteiger partial charge is 0.355 e. The Morgan fingerprint density at radius 1 is 1.23 bits per heavy atom. The van der Waals surface area contributed by atoms with E-state index in [0.29, 0.717) is 0 Å². The summed E-state index contributed by atoms with van der Waals surface area (Å²) in [6, 6.07) is 0. The molecule has 0 aromatic heterocycles. The molecule has 74 valence electrons. The lowest BCUT2D eigenvalue weighted by molar-refractivity contribution is -0.169. The first-order valence-corrected chi connectivity index (χ1v) is 3.83. The van der Waals surface area contributed by atoms with E-state index in [4.69, 9.17) is 0 Å². The summed E-state index contributed by atoms with van der Waals surface area (Å²) < 4.78 is 8.99. The van der Waals surface area contributed by atoms with Crippen LogP contribution < -0.4 is 0 Å². The molecule has 0 aromatic carbocycles. The first-order chi connectivity index (χ1) is 5.99.